The first-order valence-electron chi connectivity index (χ1n) is 11.8. The fourth-order valence-corrected chi connectivity index (χ4v) is 5.46. The van der Waals surface area contributed by atoms with Gasteiger partial charge < -0.3 is 15.1 Å². The summed E-state index contributed by atoms with van der Waals surface area (Å²) < 4.78 is 0. The van der Waals surface area contributed by atoms with Crippen LogP contribution in [0.1, 0.15) is 54.9 Å². The van der Waals surface area contributed by atoms with Crippen LogP contribution in [0.2, 0.25) is 0 Å². The highest BCUT2D eigenvalue weighted by atomic mass is 16.2. The van der Waals surface area contributed by atoms with Gasteiger partial charge in [0.2, 0.25) is 11.8 Å². The molecule has 1 unspecified atom stereocenters. The molecule has 33 heavy (non-hydrogen) atoms. The maximum absolute atomic E-state index is 13.3. The molecule has 2 fully saturated rings. The van der Waals surface area contributed by atoms with Gasteiger partial charge in [-0.05, 0) is 49.9 Å². The first kappa shape index (κ1) is 21.5. The Morgan fingerprint density at radius 1 is 1.00 bits per heavy atom. The topological polar surface area (TPSA) is 73.0 Å². The molecule has 1 N–H and O–H groups in total. The van der Waals surface area contributed by atoms with Gasteiger partial charge in [-0.1, -0.05) is 30.3 Å². The number of anilines is 2. The molecule has 0 aromatic heterocycles. The Morgan fingerprint density at radius 3 is 2.48 bits per heavy atom. The van der Waals surface area contributed by atoms with Crippen LogP contribution in [0.5, 0.6) is 0 Å². The SMILES string of the molecule is CC12CCC(=O)N1c1ccccc1C(=O)N2CCC(=O)NCc1ccccc1N1CCCC1. The molecule has 3 amide bonds. The highest BCUT2D eigenvalue weighted by molar-refractivity contribution is 6.10. The van der Waals surface area contributed by atoms with E-state index >= 15 is 0 Å². The maximum Gasteiger partial charge on any atom is 0.257 e. The Hall–Kier alpha value is -3.35. The van der Waals surface area contributed by atoms with Crippen molar-refractivity contribution in [2.24, 2.45) is 0 Å². The average molecular weight is 447 g/mol. The minimum absolute atomic E-state index is 0.0189. The van der Waals surface area contributed by atoms with Gasteiger partial charge in [0.05, 0.1) is 11.3 Å². The molecule has 0 saturated carbocycles. The quantitative estimate of drug-likeness (QED) is 0.739. The first-order valence-corrected chi connectivity index (χ1v) is 11.8. The van der Waals surface area contributed by atoms with E-state index in [1.54, 1.807) is 15.9 Å². The molecule has 172 valence electrons. The maximum atomic E-state index is 13.3. The van der Waals surface area contributed by atoms with Crippen LogP contribution in [0, 0.1) is 0 Å². The minimum atomic E-state index is -0.731. The molecule has 7 heteroatoms. The predicted octanol–water partition coefficient (Wildman–Crippen LogP) is 3.29. The van der Waals surface area contributed by atoms with Crippen molar-refractivity contribution < 1.29 is 14.4 Å². The number of hydrogen-bond donors (Lipinski definition) is 1. The van der Waals surface area contributed by atoms with E-state index in [1.807, 2.05) is 37.3 Å². The van der Waals surface area contributed by atoms with Crippen molar-refractivity contribution in [3.63, 3.8) is 0 Å². The first-order chi connectivity index (χ1) is 16.0. The Bertz CT molecular complexity index is 1090. The Kier molecular flexibility index (Phi) is 5.56. The molecule has 5 rings (SSSR count). The summed E-state index contributed by atoms with van der Waals surface area (Å²) in [6.45, 7) is 4.77. The molecule has 0 bridgehead atoms. The second-order valence-corrected chi connectivity index (χ2v) is 9.27. The van der Waals surface area contributed by atoms with Crippen LogP contribution in [0.15, 0.2) is 48.5 Å². The van der Waals surface area contributed by atoms with Crippen molar-refractivity contribution in [1.82, 2.24) is 10.2 Å². The van der Waals surface area contributed by atoms with Crippen LogP contribution in [-0.2, 0) is 16.1 Å². The summed E-state index contributed by atoms with van der Waals surface area (Å²) in [5.41, 5.74) is 2.75. The second-order valence-electron chi connectivity index (χ2n) is 9.27. The highest BCUT2D eigenvalue weighted by Gasteiger charge is 2.52. The summed E-state index contributed by atoms with van der Waals surface area (Å²) >= 11 is 0. The summed E-state index contributed by atoms with van der Waals surface area (Å²) in [5.74, 6) is -0.200. The van der Waals surface area contributed by atoms with Crippen molar-refractivity contribution >= 4 is 29.1 Å². The molecule has 0 radical (unpaired) electrons. The van der Waals surface area contributed by atoms with Gasteiger partial charge in [-0.15, -0.1) is 0 Å². The van der Waals surface area contributed by atoms with Crippen molar-refractivity contribution in [2.75, 3.05) is 29.4 Å². The lowest BCUT2D eigenvalue weighted by Crippen LogP contribution is -2.62. The number of fused-ring (bicyclic) bond motifs is 3. The molecule has 2 aromatic rings. The van der Waals surface area contributed by atoms with E-state index in [0.717, 1.165) is 18.7 Å². The Morgan fingerprint density at radius 2 is 1.70 bits per heavy atom. The fraction of sp³-hybridized carbons (Fsp3) is 0.423. The zero-order valence-electron chi connectivity index (χ0n) is 19.0. The van der Waals surface area contributed by atoms with Gasteiger partial charge in [-0.2, -0.15) is 0 Å². The van der Waals surface area contributed by atoms with Crippen LogP contribution >= 0.6 is 0 Å². The second kappa shape index (κ2) is 8.54. The van der Waals surface area contributed by atoms with E-state index in [1.165, 1.54) is 18.5 Å². The standard InChI is InChI=1S/C26H30N4O3/c1-26-14-12-24(32)30(26)22-11-5-3-9-20(22)25(33)29(26)17-13-23(31)27-18-19-8-2-4-10-21(19)28-15-6-7-16-28/h2-5,8-11H,6-7,12-18H2,1H3,(H,27,31). The molecular formula is C26H30N4O3. The Labute approximate surface area is 194 Å². The van der Waals surface area contributed by atoms with Crippen molar-refractivity contribution in [3.05, 3.63) is 59.7 Å². The van der Waals surface area contributed by atoms with E-state index in [4.69, 9.17) is 0 Å². The van der Waals surface area contributed by atoms with Gasteiger partial charge in [0, 0.05) is 44.7 Å². The molecule has 0 spiro atoms. The number of benzene rings is 2. The van der Waals surface area contributed by atoms with Crippen molar-refractivity contribution in [1.29, 1.82) is 0 Å². The summed E-state index contributed by atoms with van der Waals surface area (Å²) in [4.78, 5) is 44.6. The lowest BCUT2D eigenvalue weighted by atomic mass is 9.98. The number of carbonyl (C=O) groups is 3. The van der Waals surface area contributed by atoms with Crippen molar-refractivity contribution in [2.45, 2.75) is 51.2 Å². The van der Waals surface area contributed by atoms with Crippen LogP contribution < -0.4 is 15.1 Å². The van der Waals surface area contributed by atoms with E-state index in [0.29, 0.717) is 30.6 Å². The third kappa shape index (κ3) is 3.75. The molecule has 1 atom stereocenters. The molecule has 3 aliphatic rings. The molecule has 2 aromatic carbocycles. The zero-order valence-corrected chi connectivity index (χ0v) is 19.0. The van der Waals surface area contributed by atoms with Gasteiger partial charge in [-0.25, -0.2) is 0 Å². The lowest BCUT2D eigenvalue weighted by Gasteiger charge is -2.48. The van der Waals surface area contributed by atoms with Crippen LogP contribution in [0.4, 0.5) is 11.4 Å². The number of amides is 3. The van der Waals surface area contributed by atoms with Crippen LogP contribution in [0.25, 0.3) is 0 Å². The van der Waals surface area contributed by atoms with E-state index in [2.05, 4.69) is 22.3 Å². The van der Waals surface area contributed by atoms with Crippen LogP contribution in [0.3, 0.4) is 0 Å². The van der Waals surface area contributed by atoms with E-state index in [-0.39, 0.29) is 30.7 Å². The number of carbonyl (C=O) groups excluding carboxylic acids is 3. The monoisotopic (exact) mass is 446 g/mol. The van der Waals surface area contributed by atoms with Gasteiger partial charge in [0.25, 0.3) is 5.91 Å². The van der Waals surface area contributed by atoms with Crippen LogP contribution in [-0.4, -0.2) is 47.9 Å². The summed E-state index contributed by atoms with van der Waals surface area (Å²) in [6.07, 6.45) is 3.56. The smallest absolute Gasteiger partial charge is 0.257 e. The van der Waals surface area contributed by atoms with E-state index < -0.39 is 5.66 Å². The summed E-state index contributed by atoms with van der Waals surface area (Å²) in [6, 6.07) is 15.4. The zero-order chi connectivity index (χ0) is 23.0. The molecule has 7 nitrogen and oxygen atoms in total. The largest absolute Gasteiger partial charge is 0.371 e. The van der Waals surface area contributed by atoms with Crippen molar-refractivity contribution in [3.8, 4) is 0 Å². The average Bonchev–Trinajstić information content (AvgIpc) is 3.46. The normalized spacial score (nSPS) is 21.9. The minimum Gasteiger partial charge on any atom is -0.371 e. The number of nitrogens with one attached hydrogen (secondary N) is 1. The van der Waals surface area contributed by atoms with Gasteiger partial charge in [-0.3, -0.25) is 19.3 Å². The van der Waals surface area contributed by atoms with Gasteiger partial charge in [0.15, 0.2) is 0 Å². The number of rotatable bonds is 6. The van der Waals surface area contributed by atoms with E-state index in [9.17, 15) is 14.4 Å². The lowest BCUT2D eigenvalue weighted by molar-refractivity contribution is -0.121. The third-order valence-corrected chi connectivity index (χ3v) is 7.22. The van der Waals surface area contributed by atoms with Gasteiger partial charge >= 0.3 is 0 Å². The highest BCUT2D eigenvalue weighted by Crippen LogP contribution is 2.43. The number of para-hydroxylation sites is 2. The molecule has 3 aliphatic heterocycles. The molecular weight excluding hydrogens is 416 g/mol. The Balaban J connectivity index is 1.27. The predicted molar refractivity (Wildman–Crippen MR) is 127 cm³/mol. The molecule has 2 saturated heterocycles. The number of hydrogen-bond acceptors (Lipinski definition) is 4. The molecule has 3 heterocycles. The third-order valence-electron chi connectivity index (χ3n) is 7.22. The molecule has 0 aliphatic carbocycles. The summed E-state index contributed by atoms with van der Waals surface area (Å²) in [7, 11) is 0. The number of nitrogens with zero attached hydrogens (tertiary/aromatic N) is 3. The fourth-order valence-electron chi connectivity index (χ4n) is 5.46. The summed E-state index contributed by atoms with van der Waals surface area (Å²) in [5, 5.41) is 3.03. The van der Waals surface area contributed by atoms with Gasteiger partial charge in [0.1, 0.15) is 5.66 Å².